The second kappa shape index (κ2) is 4.13. The van der Waals surface area contributed by atoms with Crippen molar-refractivity contribution in [3.05, 3.63) is 27.2 Å². The van der Waals surface area contributed by atoms with Crippen molar-refractivity contribution >= 4 is 17.3 Å². The third-order valence-corrected chi connectivity index (χ3v) is 2.61. The molecule has 2 aromatic heterocycles. The lowest BCUT2D eigenvalue weighted by Crippen LogP contribution is -2.38. The molecule has 8 nitrogen and oxygen atoms in total. The van der Waals surface area contributed by atoms with Gasteiger partial charge in [0.15, 0.2) is 11.2 Å². The third kappa shape index (κ3) is 1.53. The SMILES string of the molecule is CCOC(=O)n1cnc2c1c(=O)n(C)c(=O)n2C. The second-order valence-corrected chi connectivity index (χ2v) is 3.69. The normalized spacial score (nSPS) is 10.8. The molecule has 0 atom stereocenters. The molecule has 2 rings (SSSR count). The molecule has 96 valence electrons. The van der Waals surface area contributed by atoms with Crippen LogP contribution in [-0.2, 0) is 18.8 Å². The molecule has 0 unspecified atom stereocenters. The van der Waals surface area contributed by atoms with Crippen LogP contribution in [0.15, 0.2) is 15.9 Å². The van der Waals surface area contributed by atoms with Crippen LogP contribution in [0.2, 0.25) is 0 Å². The smallest absolute Gasteiger partial charge is 0.419 e. The van der Waals surface area contributed by atoms with Gasteiger partial charge in [0, 0.05) is 14.1 Å². The Morgan fingerprint density at radius 3 is 2.61 bits per heavy atom. The molecule has 0 radical (unpaired) electrons. The van der Waals surface area contributed by atoms with Crippen molar-refractivity contribution in [2.24, 2.45) is 14.1 Å². The van der Waals surface area contributed by atoms with Gasteiger partial charge in [0.2, 0.25) is 0 Å². The molecule has 18 heavy (non-hydrogen) atoms. The fraction of sp³-hybridized carbons (Fsp3) is 0.400. The summed E-state index contributed by atoms with van der Waals surface area (Å²) in [4.78, 5) is 39.2. The average molecular weight is 252 g/mol. The highest BCUT2D eigenvalue weighted by Gasteiger charge is 2.18. The summed E-state index contributed by atoms with van der Waals surface area (Å²) in [5.74, 6) is 0. The van der Waals surface area contributed by atoms with Crippen LogP contribution in [0, 0.1) is 0 Å². The minimum absolute atomic E-state index is 0.0260. The van der Waals surface area contributed by atoms with Crippen molar-refractivity contribution in [2.75, 3.05) is 6.61 Å². The Morgan fingerprint density at radius 1 is 1.33 bits per heavy atom. The Balaban J connectivity index is 2.86. The summed E-state index contributed by atoms with van der Waals surface area (Å²) in [7, 11) is 2.82. The van der Waals surface area contributed by atoms with Crippen LogP contribution in [0.5, 0.6) is 0 Å². The van der Waals surface area contributed by atoms with Gasteiger partial charge < -0.3 is 4.74 Å². The van der Waals surface area contributed by atoms with E-state index in [-0.39, 0.29) is 17.8 Å². The highest BCUT2D eigenvalue weighted by Crippen LogP contribution is 2.05. The number of aryl methyl sites for hydroxylation is 1. The maximum absolute atomic E-state index is 12.0. The molecule has 0 spiro atoms. The van der Waals surface area contributed by atoms with Gasteiger partial charge in [0.05, 0.1) is 6.61 Å². The summed E-state index contributed by atoms with van der Waals surface area (Å²) < 4.78 is 7.93. The topological polar surface area (TPSA) is 88.1 Å². The summed E-state index contributed by atoms with van der Waals surface area (Å²) in [6, 6.07) is 0. The summed E-state index contributed by atoms with van der Waals surface area (Å²) in [6.45, 7) is 1.84. The van der Waals surface area contributed by atoms with Crippen LogP contribution < -0.4 is 11.2 Å². The van der Waals surface area contributed by atoms with Gasteiger partial charge >= 0.3 is 11.8 Å². The quantitative estimate of drug-likeness (QED) is 0.678. The van der Waals surface area contributed by atoms with Crippen LogP contribution >= 0.6 is 0 Å². The molecule has 0 N–H and O–H groups in total. The first-order valence-electron chi connectivity index (χ1n) is 5.29. The Labute approximate surface area is 101 Å². The average Bonchev–Trinajstić information content (AvgIpc) is 2.79. The van der Waals surface area contributed by atoms with Gasteiger partial charge in [0.25, 0.3) is 5.56 Å². The van der Waals surface area contributed by atoms with E-state index in [1.165, 1.54) is 25.0 Å². The van der Waals surface area contributed by atoms with Gasteiger partial charge in [-0.3, -0.25) is 13.9 Å². The maximum atomic E-state index is 12.0. The minimum atomic E-state index is -0.698. The van der Waals surface area contributed by atoms with Crippen molar-refractivity contribution in [3.63, 3.8) is 0 Å². The maximum Gasteiger partial charge on any atom is 0.419 e. The van der Waals surface area contributed by atoms with E-state index in [4.69, 9.17) is 4.74 Å². The lowest BCUT2D eigenvalue weighted by Gasteiger charge is -2.05. The van der Waals surface area contributed by atoms with Crippen LogP contribution in [0.3, 0.4) is 0 Å². The number of ether oxygens (including phenoxy) is 1. The Kier molecular flexibility index (Phi) is 2.77. The Morgan fingerprint density at radius 2 is 2.00 bits per heavy atom. The van der Waals surface area contributed by atoms with Gasteiger partial charge in [-0.1, -0.05) is 0 Å². The van der Waals surface area contributed by atoms with Crippen molar-refractivity contribution in [3.8, 4) is 0 Å². The van der Waals surface area contributed by atoms with Gasteiger partial charge in [-0.2, -0.15) is 0 Å². The monoisotopic (exact) mass is 252 g/mol. The predicted octanol–water partition coefficient (Wildman–Crippen LogP) is -0.562. The van der Waals surface area contributed by atoms with E-state index in [1.807, 2.05) is 0 Å². The molecule has 2 heterocycles. The van der Waals surface area contributed by atoms with Gasteiger partial charge in [0.1, 0.15) is 6.33 Å². The summed E-state index contributed by atoms with van der Waals surface area (Å²) >= 11 is 0. The number of rotatable bonds is 1. The van der Waals surface area contributed by atoms with Gasteiger partial charge in [-0.15, -0.1) is 0 Å². The molecule has 0 aromatic carbocycles. The van der Waals surface area contributed by atoms with Crippen LogP contribution in [0.1, 0.15) is 6.92 Å². The third-order valence-electron chi connectivity index (χ3n) is 2.61. The van der Waals surface area contributed by atoms with E-state index in [0.717, 1.165) is 9.13 Å². The molecule has 0 aliphatic heterocycles. The van der Waals surface area contributed by atoms with E-state index in [0.29, 0.717) is 0 Å². The number of hydrogen-bond donors (Lipinski definition) is 0. The summed E-state index contributed by atoms with van der Waals surface area (Å²) in [6.07, 6.45) is 0.472. The van der Waals surface area contributed by atoms with Crippen molar-refractivity contribution in [1.82, 2.24) is 18.7 Å². The summed E-state index contributed by atoms with van der Waals surface area (Å²) in [5.41, 5.74) is -0.908. The molecule has 0 amide bonds. The van der Waals surface area contributed by atoms with Crippen LogP contribution in [0.25, 0.3) is 11.2 Å². The summed E-state index contributed by atoms with van der Waals surface area (Å²) in [5, 5.41) is 0. The van der Waals surface area contributed by atoms with E-state index >= 15 is 0 Å². The molecule has 0 saturated heterocycles. The standard InChI is InChI=1S/C10H12N4O4/c1-4-18-10(17)14-5-11-7-6(14)8(15)13(3)9(16)12(7)2/h5H,4H2,1-3H3. The Bertz CT molecular complexity index is 737. The molecular formula is C10H12N4O4. The molecule has 8 heteroatoms. The Hall–Kier alpha value is -2.38. The number of carbonyl (C=O) groups excluding carboxylic acids is 1. The zero-order valence-corrected chi connectivity index (χ0v) is 10.2. The number of fused-ring (bicyclic) bond motifs is 1. The molecule has 0 bridgehead atoms. The lowest BCUT2D eigenvalue weighted by molar-refractivity contribution is 0.155. The van der Waals surface area contributed by atoms with E-state index in [1.54, 1.807) is 6.92 Å². The highest BCUT2D eigenvalue weighted by molar-refractivity contribution is 5.84. The largest absolute Gasteiger partial charge is 0.449 e. The van der Waals surface area contributed by atoms with Crippen molar-refractivity contribution in [2.45, 2.75) is 6.92 Å². The number of aromatic nitrogens is 4. The molecule has 2 aromatic rings. The molecule has 0 saturated carbocycles. The fourth-order valence-corrected chi connectivity index (χ4v) is 1.68. The lowest BCUT2D eigenvalue weighted by atomic mass is 10.5. The van der Waals surface area contributed by atoms with Crippen molar-refractivity contribution < 1.29 is 9.53 Å². The first-order valence-corrected chi connectivity index (χ1v) is 5.29. The molecule has 0 aliphatic carbocycles. The van der Waals surface area contributed by atoms with E-state index in [9.17, 15) is 14.4 Å². The highest BCUT2D eigenvalue weighted by atomic mass is 16.5. The first kappa shape index (κ1) is 12.1. The molecule has 0 fully saturated rings. The van der Waals surface area contributed by atoms with Gasteiger partial charge in [-0.25, -0.2) is 19.1 Å². The fourth-order valence-electron chi connectivity index (χ4n) is 1.68. The molecule has 0 aliphatic rings. The molecular weight excluding hydrogens is 240 g/mol. The zero-order chi connectivity index (χ0) is 13.4. The number of carbonyl (C=O) groups is 1. The number of imidazole rings is 1. The number of nitrogens with zero attached hydrogens (tertiary/aromatic N) is 4. The van der Waals surface area contributed by atoms with Gasteiger partial charge in [-0.05, 0) is 6.92 Å². The zero-order valence-electron chi connectivity index (χ0n) is 10.2. The second-order valence-electron chi connectivity index (χ2n) is 3.69. The van der Waals surface area contributed by atoms with E-state index < -0.39 is 17.3 Å². The van der Waals surface area contributed by atoms with Crippen LogP contribution in [-0.4, -0.2) is 31.4 Å². The minimum Gasteiger partial charge on any atom is -0.449 e. The predicted molar refractivity (Wildman–Crippen MR) is 62.6 cm³/mol. The van der Waals surface area contributed by atoms with Crippen LogP contribution in [0.4, 0.5) is 4.79 Å². The van der Waals surface area contributed by atoms with Crippen molar-refractivity contribution in [1.29, 1.82) is 0 Å². The number of hydrogen-bond acceptors (Lipinski definition) is 5. The van der Waals surface area contributed by atoms with E-state index in [2.05, 4.69) is 4.98 Å². The first-order chi connectivity index (χ1) is 8.49.